The van der Waals surface area contributed by atoms with Crippen molar-refractivity contribution in [2.45, 2.75) is 6.29 Å². The zero-order valence-electron chi connectivity index (χ0n) is 11.9. The minimum atomic E-state index is -0.831. The van der Waals surface area contributed by atoms with E-state index in [2.05, 4.69) is 4.98 Å². The van der Waals surface area contributed by atoms with E-state index in [-0.39, 0.29) is 18.3 Å². The van der Waals surface area contributed by atoms with Gasteiger partial charge in [0.15, 0.2) is 6.61 Å². The minimum absolute atomic E-state index is 0.110. The monoisotopic (exact) mass is 315 g/mol. The molecule has 1 atom stereocenters. The molecule has 0 saturated carbocycles. The average molecular weight is 315 g/mol. The Labute approximate surface area is 130 Å². The first-order valence-corrected chi connectivity index (χ1v) is 6.73. The molecular weight excluding hydrogens is 302 g/mol. The summed E-state index contributed by atoms with van der Waals surface area (Å²) in [6, 6.07) is 10.0. The van der Waals surface area contributed by atoms with Crippen molar-refractivity contribution in [1.29, 1.82) is 0 Å². The first-order valence-electron chi connectivity index (χ1n) is 6.73. The summed E-state index contributed by atoms with van der Waals surface area (Å²) in [5.74, 6) is -0.236. The lowest BCUT2D eigenvalue weighted by Gasteiger charge is -2.12. The maximum Gasteiger partial charge on any atom is 0.356 e. The van der Waals surface area contributed by atoms with Crippen LogP contribution >= 0.6 is 0 Å². The van der Waals surface area contributed by atoms with Crippen LogP contribution in [0.25, 0.3) is 5.88 Å². The fourth-order valence-electron chi connectivity index (χ4n) is 1.90. The van der Waals surface area contributed by atoms with Crippen molar-refractivity contribution in [3.8, 4) is 0 Å². The summed E-state index contributed by atoms with van der Waals surface area (Å²) in [6.45, 7) is -0.120. The van der Waals surface area contributed by atoms with Crippen LogP contribution in [0.5, 0.6) is 0 Å². The van der Waals surface area contributed by atoms with Crippen LogP contribution in [0.2, 0.25) is 0 Å². The van der Waals surface area contributed by atoms with Crippen molar-refractivity contribution in [2.75, 3.05) is 12.3 Å². The van der Waals surface area contributed by atoms with E-state index in [1.807, 2.05) is 0 Å². The lowest BCUT2D eigenvalue weighted by atomic mass is 10.2. The van der Waals surface area contributed by atoms with Crippen molar-refractivity contribution < 1.29 is 19.0 Å². The number of carbonyl (C=O) groups is 1. The molecular formula is C15H13N3O5. The third kappa shape index (κ3) is 3.31. The van der Waals surface area contributed by atoms with Gasteiger partial charge in [-0.3, -0.25) is 0 Å². The molecule has 1 aromatic carbocycles. The van der Waals surface area contributed by atoms with E-state index in [0.29, 0.717) is 5.56 Å². The Bertz CT molecular complexity index is 800. The number of anilines is 1. The standard InChI is InChI=1S/C15H13N3O5/c16-11-6-7-18(15(20)17-11)12-8-21-13(23-12)9-22-14(19)10-4-2-1-3-5-10/h1-8,13H,9H2,(H2,16,17,20). The Balaban J connectivity index is 1.57. The van der Waals surface area contributed by atoms with Gasteiger partial charge in [0.1, 0.15) is 12.1 Å². The first kappa shape index (κ1) is 14.6. The second-order valence-corrected chi connectivity index (χ2v) is 4.61. The van der Waals surface area contributed by atoms with E-state index in [9.17, 15) is 9.59 Å². The van der Waals surface area contributed by atoms with Crippen LogP contribution in [0.15, 0.2) is 53.7 Å². The second kappa shape index (κ2) is 6.22. The van der Waals surface area contributed by atoms with Gasteiger partial charge in [-0.25, -0.2) is 14.2 Å². The highest BCUT2D eigenvalue weighted by Gasteiger charge is 2.23. The molecule has 0 saturated heterocycles. The molecule has 0 bridgehead atoms. The van der Waals surface area contributed by atoms with Gasteiger partial charge in [-0.2, -0.15) is 4.98 Å². The summed E-state index contributed by atoms with van der Waals surface area (Å²) in [5.41, 5.74) is 5.25. The minimum Gasteiger partial charge on any atom is -0.454 e. The molecule has 8 heteroatoms. The molecule has 118 valence electrons. The van der Waals surface area contributed by atoms with Crippen molar-refractivity contribution in [3.63, 3.8) is 0 Å². The van der Waals surface area contributed by atoms with E-state index in [1.165, 1.54) is 18.5 Å². The van der Waals surface area contributed by atoms with Crippen LogP contribution in [0.1, 0.15) is 10.4 Å². The first-order chi connectivity index (χ1) is 11.1. The SMILES string of the molecule is Nc1ccn(C2=COC(COC(=O)c3ccccc3)O2)c(=O)n1. The molecule has 2 heterocycles. The van der Waals surface area contributed by atoms with Crippen LogP contribution in [0.4, 0.5) is 5.82 Å². The largest absolute Gasteiger partial charge is 0.454 e. The Morgan fingerprint density at radius 3 is 2.83 bits per heavy atom. The molecule has 1 aliphatic rings. The van der Waals surface area contributed by atoms with Gasteiger partial charge in [-0.1, -0.05) is 18.2 Å². The van der Waals surface area contributed by atoms with Gasteiger partial charge >= 0.3 is 11.7 Å². The number of esters is 1. The van der Waals surface area contributed by atoms with E-state index in [4.69, 9.17) is 19.9 Å². The number of carbonyl (C=O) groups excluding carboxylic acids is 1. The Morgan fingerprint density at radius 2 is 2.09 bits per heavy atom. The van der Waals surface area contributed by atoms with Gasteiger partial charge in [0, 0.05) is 6.20 Å². The number of rotatable bonds is 4. The zero-order chi connectivity index (χ0) is 16.2. The molecule has 8 nitrogen and oxygen atoms in total. The number of nitrogens with two attached hydrogens (primary N) is 1. The normalized spacial score (nSPS) is 16.2. The van der Waals surface area contributed by atoms with E-state index in [1.54, 1.807) is 30.3 Å². The smallest absolute Gasteiger partial charge is 0.356 e. The highest BCUT2D eigenvalue weighted by Crippen LogP contribution is 2.18. The molecule has 0 amide bonds. The third-order valence-corrected chi connectivity index (χ3v) is 3.00. The van der Waals surface area contributed by atoms with Crippen molar-refractivity contribution in [1.82, 2.24) is 9.55 Å². The summed E-state index contributed by atoms with van der Waals surface area (Å²) >= 11 is 0. The Kier molecular flexibility index (Phi) is 3.96. The van der Waals surface area contributed by atoms with Crippen LogP contribution in [-0.2, 0) is 14.2 Å². The van der Waals surface area contributed by atoms with Crippen molar-refractivity contribution in [2.24, 2.45) is 0 Å². The van der Waals surface area contributed by atoms with E-state index >= 15 is 0 Å². The zero-order valence-corrected chi connectivity index (χ0v) is 11.9. The summed E-state index contributed by atoms with van der Waals surface area (Å²) in [7, 11) is 0. The summed E-state index contributed by atoms with van der Waals surface area (Å²) in [5, 5.41) is 0. The van der Waals surface area contributed by atoms with Gasteiger partial charge < -0.3 is 19.9 Å². The highest BCUT2D eigenvalue weighted by atomic mass is 16.7. The molecule has 2 aromatic rings. The number of hydrogen-bond donors (Lipinski definition) is 1. The van der Waals surface area contributed by atoms with Gasteiger partial charge in [-0.15, -0.1) is 0 Å². The number of nitrogens with zero attached hydrogens (tertiary/aromatic N) is 2. The van der Waals surface area contributed by atoms with E-state index in [0.717, 1.165) is 4.57 Å². The maximum atomic E-state index is 11.8. The van der Waals surface area contributed by atoms with Crippen molar-refractivity contribution >= 4 is 17.7 Å². The fourth-order valence-corrected chi connectivity index (χ4v) is 1.90. The number of aromatic nitrogens is 2. The number of nitrogen functional groups attached to an aromatic ring is 1. The summed E-state index contributed by atoms with van der Waals surface area (Å²) in [4.78, 5) is 27.1. The number of benzene rings is 1. The van der Waals surface area contributed by atoms with Crippen LogP contribution in [-0.4, -0.2) is 28.4 Å². The molecule has 0 aliphatic carbocycles. The number of ether oxygens (including phenoxy) is 3. The van der Waals surface area contributed by atoms with Crippen molar-refractivity contribution in [3.05, 3.63) is 64.9 Å². The van der Waals surface area contributed by atoms with Crippen LogP contribution in [0.3, 0.4) is 0 Å². The molecule has 0 spiro atoms. The molecule has 1 aromatic heterocycles. The summed E-state index contributed by atoms with van der Waals surface area (Å²) in [6.07, 6.45) is 1.83. The molecule has 3 rings (SSSR count). The Morgan fingerprint density at radius 1 is 1.30 bits per heavy atom. The molecule has 23 heavy (non-hydrogen) atoms. The average Bonchev–Trinajstić information content (AvgIpc) is 3.02. The predicted octanol–water partition coefficient (Wildman–Crippen LogP) is 0.811. The Hall–Kier alpha value is -3.29. The van der Waals surface area contributed by atoms with E-state index < -0.39 is 17.9 Å². The highest BCUT2D eigenvalue weighted by molar-refractivity contribution is 5.89. The van der Waals surface area contributed by atoms with Crippen LogP contribution in [0, 0.1) is 0 Å². The van der Waals surface area contributed by atoms with Crippen LogP contribution < -0.4 is 11.4 Å². The molecule has 1 unspecified atom stereocenters. The number of hydrogen-bond acceptors (Lipinski definition) is 7. The molecule has 0 radical (unpaired) electrons. The summed E-state index contributed by atoms with van der Waals surface area (Å²) < 4.78 is 16.8. The van der Waals surface area contributed by atoms with Gasteiger partial charge in [-0.05, 0) is 18.2 Å². The maximum absolute atomic E-state index is 11.8. The molecule has 0 fully saturated rings. The van der Waals surface area contributed by atoms with Gasteiger partial charge in [0.2, 0.25) is 5.88 Å². The predicted molar refractivity (Wildman–Crippen MR) is 79.9 cm³/mol. The third-order valence-electron chi connectivity index (χ3n) is 3.00. The topological polar surface area (TPSA) is 106 Å². The quantitative estimate of drug-likeness (QED) is 0.832. The molecule has 1 aliphatic heterocycles. The second-order valence-electron chi connectivity index (χ2n) is 4.61. The lowest BCUT2D eigenvalue weighted by Crippen LogP contribution is -2.25. The molecule has 2 N–H and O–H groups in total. The van der Waals surface area contributed by atoms with Gasteiger partial charge in [0.05, 0.1) is 5.56 Å². The van der Waals surface area contributed by atoms with Gasteiger partial charge in [0.25, 0.3) is 6.29 Å². The lowest BCUT2D eigenvalue weighted by molar-refractivity contribution is -0.0640. The fraction of sp³-hybridized carbons (Fsp3) is 0.133.